The molecule has 0 saturated carbocycles. The van der Waals surface area contributed by atoms with E-state index in [2.05, 4.69) is 42.9 Å². The second kappa shape index (κ2) is 9.65. The van der Waals surface area contributed by atoms with Crippen molar-refractivity contribution in [3.8, 4) is 0 Å². The fourth-order valence-corrected chi connectivity index (χ4v) is 1.79. The number of hydrogen-bond donors (Lipinski definition) is 0. The van der Waals surface area contributed by atoms with Crippen LogP contribution >= 0.6 is 0 Å². The van der Waals surface area contributed by atoms with E-state index in [1.54, 1.807) is 0 Å². The zero-order chi connectivity index (χ0) is 10.9. The van der Waals surface area contributed by atoms with E-state index in [1.165, 1.54) is 50.6 Å². The van der Waals surface area contributed by atoms with Gasteiger partial charge in [0.15, 0.2) is 12.4 Å². The summed E-state index contributed by atoms with van der Waals surface area (Å²) in [5.41, 5.74) is 1.48. The molecule has 0 aliphatic rings. The molecule has 0 radical (unpaired) electrons. The fraction of sp³-hybridized carbons (Fsp3) is 0.643. The molecule has 0 bridgehead atoms. The monoisotopic (exact) mass is 241 g/mol. The molecule has 0 fully saturated rings. The first-order chi connectivity index (χ1) is 7.36. The SMILES string of the molecule is CCCCC[n+]1cccc(CCCC)c1.[Cl-]. The number of nitrogens with zero attached hydrogens (tertiary/aromatic N) is 1. The molecule has 1 rings (SSSR count). The van der Waals surface area contributed by atoms with Gasteiger partial charge in [0.25, 0.3) is 0 Å². The first-order valence-corrected chi connectivity index (χ1v) is 6.34. The van der Waals surface area contributed by atoms with Crippen LogP contribution in [0.3, 0.4) is 0 Å². The van der Waals surface area contributed by atoms with Crippen molar-refractivity contribution in [2.45, 2.75) is 58.9 Å². The third-order valence-corrected chi connectivity index (χ3v) is 2.76. The molecule has 0 atom stereocenters. The summed E-state index contributed by atoms with van der Waals surface area (Å²) in [6.07, 6.45) is 12.3. The molecule has 0 aliphatic heterocycles. The van der Waals surface area contributed by atoms with Crippen molar-refractivity contribution in [2.75, 3.05) is 0 Å². The van der Waals surface area contributed by atoms with Gasteiger partial charge in [-0.1, -0.05) is 26.7 Å². The summed E-state index contributed by atoms with van der Waals surface area (Å²) in [6, 6.07) is 4.42. The van der Waals surface area contributed by atoms with Crippen LogP contribution in [0.25, 0.3) is 0 Å². The summed E-state index contributed by atoms with van der Waals surface area (Å²) in [5.74, 6) is 0. The number of unbranched alkanes of at least 4 members (excludes halogenated alkanes) is 3. The maximum Gasteiger partial charge on any atom is 0.171 e. The predicted molar refractivity (Wildman–Crippen MR) is 64.8 cm³/mol. The Morgan fingerprint density at radius 1 is 1.06 bits per heavy atom. The first kappa shape index (κ1) is 15.4. The fourth-order valence-electron chi connectivity index (χ4n) is 1.79. The number of aryl methyl sites for hydroxylation is 2. The van der Waals surface area contributed by atoms with Crippen molar-refractivity contribution in [1.29, 1.82) is 0 Å². The Morgan fingerprint density at radius 2 is 1.81 bits per heavy atom. The average Bonchev–Trinajstić information content (AvgIpc) is 2.27. The Hall–Kier alpha value is -0.560. The van der Waals surface area contributed by atoms with Gasteiger partial charge in [0.2, 0.25) is 0 Å². The number of aromatic nitrogens is 1. The standard InChI is InChI=1S/C14H24N.ClH/c1-3-5-7-11-15-12-8-10-14(13-15)9-6-4-2;/h8,10,12-13H,3-7,9,11H2,1-2H3;1H/q+1;/p-1. The van der Waals surface area contributed by atoms with Crippen LogP contribution < -0.4 is 17.0 Å². The van der Waals surface area contributed by atoms with Gasteiger partial charge in [0, 0.05) is 18.1 Å². The number of halogens is 1. The van der Waals surface area contributed by atoms with Crippen LogP contribution in [0.1, 0.15) is 51.5 Å². The smallest absolute Gasteiger partial charge is 0.171 e. The Kier molecular flexibility index (Phi) is 9.31. The highest BCUT2D eigenvalue weighted by Crippen LogP contribution is 2.02. The van der Waals surface area contributed by atoms with Gasteiger partial charge in [-0.15, -0.1) is 0 Å². The summed E-state index contributed by atoms with van der Waals surface area (Å²) in [6.45, 7) is 5.67. The molecule has 0 amide bonds. The largest absolute Gasteiger partial charge is 1.00 e. The van der Waals surface area contributed by atoms with Crippen LogP contribution in [0.5, 0.6) is 0 Å². The third kappa shape index (κ3) is 6.12. The highest BCUT2D eigenvalue weighted by molar-refractivity contribution is 5.05. The van der Waals surface area contributed by atoms with Gasteiger partial charge < -0.3 is 12.4 Å². The summed E-state index contributed by atoms with van der Waals surface area (Å²) in [4.78, 5) is 0. The van der Waals surface area contributed by atoms with Crippen molar-refractivity contribution in [1.82, 2.24) is 0 Å². The predicted octanol–water partition coefficient (Wildman–Crippen LogP) is 0.511. The van der Waals surface area contributed by atoms with E-state index in [0.717, 1.165) is 0 Å². The van der Waals surface area contributed by atoms with Gasteiger partial charge in [-0.05, 0) is 25.3 Å². The second-order valence-corrected chi connectivity index (χ2v) is 4.26. The molecule has 0 aliphatic carbocycles. The molecule has 2 heteroatoms. The number of pyridine rings is 1. The Morgan fingerprint density at radius 3 is 2.50 bits per heavy atom. The molecule has 1 aromatic heterocycles. The normalized spacial score (nSPS) is 9.88. The van der Waals surface area contributed by atoms with Gasteiger partial charge in [-0.3, -0.25) is 0 Å². The van der Waals surface area contributed by atoms with E-state index in [1.807, 2.05) is 0 Å². The minimum absolute atomic E-state index is 0. The maximum atomic E-state index is 2.33. The van der Waals surface area contributed by atoms with Crippen molar-refractivity contribution in [3.05, 3.63) is 30.1 Å². The summed E-state index contributed by atoms with van der Waals surface area (Å²) in [7, 11) is 0. The molecule has 0 spiro atoms. The van der Waals surface area contributed by atoms with E-state index in [0.29, 0.717) is 0 Å². The maximum absolute atomic E-state index is 2.33. The number of hydrogen-bond acceptors (Lipinski definition) is 0. The lowest BCUT2D eigenvalue weighted by Crippen LogP contribution is -3.00. The average molecular weight is 242 g/mol. The van der Waals surface area contributed by atoms with Gasteiger partial charge in [0.1, 0.15) is 6.54 Å². The lowest BCUT2D eigenvalue weighted by Gasteiger charge is -2.00. The van der Waals surface area contributed by atoms with E-state index in [-0.39, 0.29) is 12.4 Å². The minimum atomic E-state index is 0. The zero-order valence-electron chi connectivity index (χ0n) is 10.6. The highest BCUT2D eigenvalue weighted by atomic mass is 35.5. The van der Waals surface area contributed by atoms with Crippen LogP contribution in [-0.4, -0.2) is 0 Å². The quantitative estimate of drug-likeness (QED) is 0.484. The van der Waals surface area contributed by atoms with Crippen molar-refractivity contribution in [3.63, 3.8) is 0 Å². The summed E-state index contributed by atoms with van der Waals surface area (Å²) >= 11 is 0. The molecule has 1 heterocycles. The van der Waals surface area contributed by atoms with Gasteiger partial charge in [-0.2, -0.15) is 0 Å². The van der Waals surface area contributed by atoms with Crippen molar-refractivity contribution in [2.24, 2.45) is 0 Å². The van der Waals surface area contributed by atoms with E-state index in [9.17, 15) is 0 Å². The topological polar surface area (TPSA) is 3.88 Å². The van der Waals surface area contributed by atoms with Crippen molar-refractivity contribution < 1.29 is 17.0 Å². The molecule has 92 valence electrons. The van der Waals surface area contributed by atoms with Crippen LogP contribution in [0.15, 0.2) is 24.5 Å². The lowest BCUT2D eigenvalue weighted by atomic mass is 10.1. The summed E-state index contributed by atoms with van der Waals surface area (Å²) < 4.78 is 2.33. The molecular formula is C14H24ClN. The van der Waals surface area contributed by atoms with Crippen LogP contribution in [0, 0.1) is 0 Å². The van der Waals surface area contributed by atoms with E-state index in [4.69, 9.17) is 0 Å². The molecule has 1 aromatic rings. The van der Waals surface area contributed by atoms with Crippen LogP contribution in [0.4, 0.5) is 0 Å². The Bertz CT molecular complexity index is 273. The van der Waals surface area contributed by atoms with Crippen LogP contribution in [-0.2, 0) is 13.0 Å². The molecule has 0 saturated heterocycles. The van der Waals surface area contributed by atoms with Crippen molar-refractivity contribution >= 4 is 0 Å². The Balaban J connectivity index is 0.00000225. The zero-order valence-corrected chi connectivity index (χ0v) is 11.3. The van der Waals surface area contributed by atoms with Crippen LogP contribution in [0.2, 0.25) is 0 Å². The third-order valence-electron chi connectivity index (χ3n) is 2.76. The molecular weight excluding hydrogens is 218 g/mol. The second-order valence-electron chi connectivity index (χ2n) is 4.26. The molecule has 0 N–H and O–H groups in total. The first-order valence-electron chi connectivity index (χ1n) is 6.34. The molecule has 0 aromatic carbocycles. The number of rotatable bonds is 7. The minimum Gasteiger partial charge on any atom is -1.00 e. The van der Waals surface area contributed by atoms with E-state index >= 15 is 0 Å². The van der Waals surface area contributed by atoms with Gasteiger partial charge >= 0.3 is 0 Å². The lowest BCUT2D eigenvalue weighted by molar-refractivity contribution is -0.697. The van der Waals surface area contributed by atoms with E-state index < -0.39 is 0 Å². The summed E-state index contributed by atoms with van der Waals surface area (Å²) in [5, 5.41) is 0. The van der Waals surface area contributed by atoms with Gasteiger partial charge in [0.05, 0.1) is 0 Å². The highest BCUT2D eigenvalue weighted by Gasteiger charge is 2.01. The molecule has 16 heavy (non-hydrogen) atoms. The molecule has 0 unspecified atom stereocenters. The Labute approximate surface area is 106 Å². The van der Waals surface area contributed by atoms with Gasteiger partial charge in [-0.25, -0.2) is 4.57 Å². The molecule has 1 nitrogen and oxygen atoms in total.